The summed E-state index contributed by atoms with van der Waals surface area (Å²) in [7, 11) is 0. The largest absolute Gasteiger partial charge is 0.465 e. The first-order valence-corrected chi connectivity index (χ1v) is 11.0. The Balaban J connectivity index is 2.41. The highest BCUT2D eigenvalue weighted by Crippen LogP contribution is 2.39. The van der Waals surface area contributed by atoms with E-state index in [1.807, 2.05) is 0 Å². The van der Waals surface area contributed by atoms with E-state index < -0.39 is 53.5 Å². The molecule has 0 aliphatic carbocycles. The van der Waals surface area contributed by atoms with Crippen LogP contribution in [-0.2, 0) is 42.9 Å². The molecule has 0 bridgehead atoms. The first-order chi connectivity index (χ1) is 15.1. The fraction of sp³-hybridized carbons (Fsp3) is 0.524. The van der Waals surface area contributed by atoms with Gasteiger partial charge >= 0.3 is 23.9 Å². The summed E-state index contributed by atoms with van der Waals surface area (Å²) in [5.74, 6) is -3.08. The lowest BCUT2D eigenvalue weighted by molar-refractivity contribution is -0.221. The minimum Gasteiger partial charge on any atom is -0.465 e. The summed E-state index contributed by atoms with van der Waals surface area (Å²) < 4.78 is 27.4. The molecule has 0 radical (unpaired) electrons. The molecule has 1 aliphatic rings. The number of ether oxygens (including phenoxy) is 5. The molecule has 1 aliphatic heterocycles. The predicted octanol–water partition coefficient (Wildman–Crippen LogP) is 2.76. The van der Waals surface area contributed by atoms with Crippen LogP contribution in [0.25, 0.3) is 0 Å². The van der Waals surface area contributed by atoms with Crippen LogP contribution in [0.2, 0.25) is 5.02 Å². The molecule has 32 heavy (non-hydrogen) atoms. The molecule has 1 saturated heterocycles. The van der Waals surface area contributed by atoms with Gasteiger partial charge in [-0.2, -0.15) is 0 Å². The van der Waals surface area contributed by atoms with E-state index in [9.17, 15) is 19.2 Å². The van der Waals surface area contributed by atoms with E-state index >= 15 is 0 Å². The van der Waals surface area contributed by atoms with Crippen LogP contribution in [0, 0.1) is 5.92 Å². The Morgan fingerprint density at radius 2 is 1.38 bits per heavy atom. The van der Waals surface area contributed by atoms with Gasteiger partial charge in [-0.05, 0) is 24.3 Å². The lowest BCUT2D eigenvalue weighted by Gasteiger charge is -2.44. The Hall–Kier alpha value is -2.30. The van der Waals surface area contributed by atoms with Crippen molar-refractivity contribution >= 4 is 47.2 Å². The van der Waals surface area contributed by atoms with Crippen molar-refractivity contribution in [1.82, 2.24) is 0 Å². The average Bonchev–Trinajstić information content (AvgIpc) is 2.69. The van der Waals surface area contributed by atoms with Gasteiger partial charge in [-0.25, -0.2) is 0 Å². The third-order valence-electron chi connectivity index (χ3n) is 4.40. The Kier molecular flexibility index (Phi) is 9.80. The van der Waals surface area contributed by atoms with Crippen molar-refractivity contribution in [2.24, 2.45) is 5.92 Å². The number of esters is 4. The first-order valence-electron chi connectivity index (χ1n) is 9.75. The molecule has 5 atom stereocenters. The minimum atomic E-state index is -1.02. The SMILES string of the molecule is CC(=O)OC[C@H]1[C@H](OC(C)=O)[C@H](OC(C)=O)[C@H](Sc2ccc(Cl)cc2)O[C@@H]1COC(C)=O. The smallest absolute Gasteiger partial charge is 0.303 e. The van der Waals surface area contributed by atoms with Crippen molar-refractivity contribution < 1.29 is 42.9 Å². The molecule has 0 N–H and O–H groups in total. The van der Waals surface area contributed by atoms with Gasteiger partial charge in [0, 0.05) is 37.6 Å². The lowest BCUT2D eigenvalue weighted by Crippen LogP contribution is -2.58. The summed E-state index contributed by atoms with van der Waals surface area (Å²) in [4.78, 5) is 47.3. The Labute approximate surface area is 195 Å². The third-order valence-corrected chi connectivity index (χ3v) is 5.81. The van der Waals surface area contributed by atoms with E-state index in [1.165, 1.54) is 39.5 Å². The van der Waals surface area contributed by atoms with E-state index in [0.29, 0.717) is 5.02 Å². The maximum Gasteiger partial charge on any atom is 0.303 e. The highest BCUT2D eigenvalue weighted by atomic mass is 35.5. The van der Waals surface area contributed by atoms with E-state index in [0.717, 1.165) is 4.90 Å². The Bertz CT molecular complexity index is 829. The molecule has 1 aromatic carbocycles. The van der Waals surface area contributed by atoms with E-state index in [2.05, 4.69) is 0 Å². The van der Waals surface area contributed by atoms with Crippen molar-refractivity contribution in [2.75, 3.05) is 13.2 Å². The molecule has 176 valence electrons. The van der Waals surface area contributed by atoms with Gasteiger partial charge < -0.3 is 23.7 Å². The number of carbonyl (C=O) groups excluding carboxylic acids is 4. The predicted molar refractivity (Wildman–Crippen MR) is 114 cm³/mol. The molecule has 0 aromatic heterocycles. The summed E-state index contributed by atoms with van der Waals surface area (Å²) in [6, 6.07) is 6.90. The zero-order chi connectivity index (χ0) is 23.8. The van der Waals surface area contributed by atoms with Gasteiger partial charge in [0.15, 0.2) is 12.2 Å². The molecular weight excluding hydrogens is 464 g/mol. The monoisotopic (exact) mass is 488 g/mol. The fourth-order valence-corrected chi connectivity index (χ4v) is 4.37. The second-order valence-electron chi connectivity index (χ2n) is 7.03. The van der Waals surface area contributed by atoms with Gasteiger partial charge in [0.25, 0.3) is 0 Å². The first kappa shape index (κ1) is 26.0. The van der Waals surface area contributed by atoms with Crippen LogP contribution in [0.5, 0.6) is 0 Å². The maximum absolute atomic E-state index is 11.9. The number of rotatable bonds is 8. The highest BCUT2D eigenvalue weighted by Gasteiger charge is 2.51. The average molecular weight is 489 g/mol. The topological polar surface area (TPSA) is 114 Å². The summed E-state index contributed by atoms with van der Waals surface area (Å²) in [6.45, 7) is 4.54. The molecule has 11 heteroatoms. The summed E-state index contributed by atoms with van der Waals surface area (Å²) in [5.41, 5.74) is -0.821. The van der Waals surface area contributed by atoms with Gasteiger partial charge in [-0.1, -0.05) is 23.4 Å². The van der Waals surface area contributed by atoms with Crippen LogP contribution in [0.4, 0.5) is 0 Å². The fourth-order valence-electron chi connectivity index (χ4n) is 3.14. The number of hydrogen-bond donors (Lipinski definition) is 0. The summed E-state index contributed by atoms with van der Waals surface area (Å²) in [5, 5.41) is 0.544. The van der Waals surface area contributed by atoms with E-state index in [4.69, 9.17) is 35.3 Å². The van der Waals surface area contributed by atoms with Gasteiger partial charge in [-0.3, -0.25) is 19.2 Å². The van der Waals surface area contributed by atoms with Gasteiger partial charge in [-0.15, -0.1) is 0 Å². The van der Waals surface area contributed by atoms with Crippen LogP contribution in [0.1, 0.15) is 27.7 Å². The van der Waals surface area contributed by atoms with E-state index in [1.54, 1.807) is 24.3 Å². The van der Waals surface area contributed by atoms with Crippen LogP contribution in [0.15, 0.2) is 29.2 Å². The minimum absolute atomic E-state index is 0.177. The lowest BCUT2D eigenvalue weighted by atomic mass is 9.90. The molecular formula is C21H25ClO9S. The van der Waals surface area contributed by atoms with Crippen molar-refractivity contribution in [3.63, 3.8) is 0 Å². The molecule has 1 aromatic rings. The van der Waals surface area contributed by atoms with Crippen molar-refractivity contribution in [2.45, 2.75) is 56.3 Å². The zero-order valence-electron chi connectivity index (χ0n) is 18.1. The van der Waals surface area contributed by atoms with Gasteiger partial charge in [0.2, 0.25) is 0 Å². The van der Waals surface area contributed by atoms with Crippen molar-refractivity contribution in [1.29, 1.82) is 0 Å². The van der Waals surface area contributed by atoms with Crippen LogP contribution >= 0.6 is 23.4 Å². The molecule has 1 heterocycles. The van der Waals surface area contributed by atoms with Crippen molar-refractivity contribution in [3.05, 3.63) is 29.3 Å². The molecule has 0 saturated carbocycles. The Morgan fingerprint density at radius 3 is 1.91 bits per heavy atom. The molecule has 0 spiro atoms. The molecule has 9 nitrogen and oxygen atoms in total. The quantitative estimate of drug-likeness (QED) is 0.399. The molecule has 0 amide bonds. The number of benzene rings is 1. The third kappa shape index (κ3) is 7.99. The van der Waals surface area contributed by atoms with Gasteiger partial charge in [0.05, 0.1) is 5.92 Å². The number of halogens is 1. The summed E-state index contributed by atoms with van der Waals surface area (Å²) in [6.07, 6.45) is -2.85. The second-order valence-corrected chi connectivity index (χ2v) is 8.64. The van der Waals surface area contributed by atoms with E-state index in [-0.39, 0.29) is 13.2 Å². The zero-order valence-corrected chi connectivity index (χ0v) is 19.6. The number of hydrogen-bond acceptors (Lipinski definition) is 10. The van der Waals surface area contributed by atoms with Gasteiger partial charge in [0.1, 0.15) is 24.8 Å². The Morgan fingerprint density at radius 1 is 0.844 bits per heavy atom. The van der Waals surface area contributed by atoms with Crippen LogP contribution in [0.3, 0.4) is 0 Å². The standard InChI is InChI=1S/C21H25ClO9S/c1-11(23)27-9-17-18(10-28-12(2)24)31-21(32-16-7-5-15(22)6-8-16)20(30-14(4)26)19(17)29-13(3)25/h5-8,17-21H,9-10H2,1-4H3/t17-,18-,19+,20+,21+/m1/s1. The van der Waals surface area contributed by atoms with Crippen LogP contribution < -0.4 is 0 Å². The van der Waals surface area contributed by atoms with Crippen molar-refractivity contribution in [3.8, 4) is 0 Å². The summed E-state index contributed by atoms with van der Waals surface area (Å²) >= 11 is 7.17. The number of carbonyl (C=O) groups is 4. The van der Waals surface area contributed by atoms with Crippen LogP contribution in [-0.4, -0.2) is 60.8 Å². The number of thioether (sulfide) groups is 1. The molecule has 1 fully saturated rings. The molecule has 2 rings (SSSR count). The second kappa shape index (κ2) is 12.1. The molecule has 0 unspecified atom stereocenters. The normalized spacial score (nSPS) is 24.8. The maximum atomic E-state index is 11.9. The highest BCUT2D eigenvalue weighted by molar-refractivity contribution is 7.99.